The number of piperidine rings is 1. The number of ether oxygens (including phenoxy) is 1. The summed E-state index contributed by atoms with van der Waals surface area (Å²) in [5.74, 6) is 0. The molecule has 0 aliphatic carbocycles. The molecule has 2 fully saturated rings. The van der Waals surface area contributed by atoms with Crippen LogP contribution in [0.2, 0.25) is 0 Å². The van der Waals surface area contributed by atoms with Gasteiger partial charge >= 0.3 is 0 Å². The normalized spacial score (nSPS) is 31.5. The molecule has 2 heterocycles. The van der Waals surface area contributed by atoms with Crippen molar-refractivity contribution >= 4 is 0 Å². The maximum atomic E-state index is 5.91. The SMILES string of the molecule is c1ccc([C@@H]2OC[C@@H]3CCCCN32)cc1. The highest BCUT2D eigenvalue weighted by atomic mass is 16.5. The molecule has 2 aliphatic rings. The summed E-state index contributed by atoms with van der Waals surface area (Å²) < 4.78 is 5.91. The van der Waals surface area contributed by atoms with E-state index in [1.54, 1.807) is 0 Å². The smallest absolute Gasteiger partial charge is 0.137 e. The summed E-state index contributed by atoms with van der Waals surface area (Å²) in [4.78, 5) is 2.53. The Morgan fingerprint density at radius 1 is 1.13 bits per heavy atom. The number of hydrogen-bond donors (Lipinski definition) is 0. The average molecular weight is 203 g/mol. The van der Waals surface area contributed by atoms with Gasteiger partial charge in [0, 0.05) is 12.6 Å². The number of rotatable bonds is 1. The minimum atomic E-state index is 0.219. The third kappa shape index (κ3) is 1.68. The molecule has 0 unspecified atom stereocenters. The first-order valence-electron chi connectivity index (χ1n) is 5.87. The van der Waals surface area contributed by atoms with E-state index >= 15 is 0 Å². The molecule has 0 N–H and O–H groups in total. The van der Waals surface area contributed by atoms with Crippen molar-refractivity contribution in [2.45, 2.75) is 31.5 Å². The van der Waals surface area contributed by atoms with Gasteiger partial charge in [0.2, 0.25) is 0 Å². The standard InChI is InChI=1S/C13H17NO/c1-2-6-11(7-3-1)13-14-9-5-4-8-12(14)10-15-13/h1-3,6-7,12-13H,4-5,8-10H2/t12-,13-/m0/s1. The van der Waals surface area contributed by atoms with Gasteiger partial charge in [-0.05, 0) is 18.4 Å². The van der Waals surface area contributed by atoms with Crippen LogP contribution in [0.1, 0.15) is 31.1 Å². The minimum absolute atomic E-state index is 0.219. The van der Waals surface area contributed by atoms with Crippen molar-refractivity contribution in [1.29, 1.82) is 0 Å². The number of nitrogens with zero attached hydrogens (tertiary/aromatic N) is 1. The number of hydrogen-bond acceptors (Lipinski definition) is 2. The molecule has 2 saturated heterocycles. The van der Waals surface area contributed by atoms with Crippen molar-refractivity contribution < 1.29 is 4.74 Å². The van der Waals surface area contributed by atoms with Gasteiger partial charge in [0.25, 0.3) is 0 Å². The Bertz CT molecular complexity index is 325. The van der Waals surface area contributed by atoms with Gasteiger partial charge in [-0.2, -0.15) is 0 Å². The molecule has 0 amide bonds. The van der Waals surface area contributed by atoms with E-state index in [9.17, 15) is 0 Å². The summed E-state index contributed by atoms with van der Waals surface area (Å²) in [7, 11) is 0. The Labute approximate surface area is 90.8 Å². The zero-order valence-corrected chi connectivity index (χ0v) is 8.93. The van der Waals surface area contributed by atoms with Gasteiger partial charge in [0.1, 0.15) is 6.23 Å². The number of benzene rings is 1. The van der Waals surface area contributed by atoms with Crippen LogP contribution in [0.5, 0.6) is 0 Å². The first-order chi connectivity index (χ1) is 7.45. The van der Waals surface area contributed by atoms with Crippen LogP contribution in [0.3, 0.4) is 0 Å². The molecule has 0 spiro atoms. The zero-order chi connectivity index (χ0) is 10.1. The molecule has 0 saturated carbocycles. The van der Waals surface area contributed by atoms with Crippen LogP contribution in [0, 0.1) is 0 Å². The van der Waals surface area contributed by atoms with Gasteiger partial charge in [-0.3, -0.25) is 4.90 Å². The summed E-state index contributed by atoms with van der Waals surface area (Å²) in [6.45, 7) is 2.11. The van der Waals surface area contributed by atoms with E-state index in [2.05, 4.69) is 35.2 Å². The lowest BCUT2D eigenvalue weighted by Gasteiger charge is -2.31. The average Bonchev–Trinajstić information content (AvgIpc) is 2.74. The van der Waals surface area contributed by atoms with E-state index in [4.69, 9.17) is 4.74 Å². The Morgan fingerprint density at radius 3 is 2.87 bits per heavy atom. The Kier molecular flexibility index (Phi) is 2.47. The van der Waals surface area contributed by atoms with Crippen molar-refractivity contribution in [1.82, 2.24) is 4.90 Å². The topological polar surface area (TPSA) is 12.5 Å². The molecule has 1 aromatic carbocycles. The van der Waals surface area contributed by atoms with E-state index in [-0.39, 0.29) is 6.23 Å². The van der Waals surface area contributed by atoms with Crippen LogP contribution in [0.4, 0.5) is 0 Å². The lowest BCUT2D eigenvalue weighted by atomic mass is 10.0. The van der Waals surface area contributed by atoms with Crippen LogP contribution in [-0.4, -0.2) is 24.1 Å². The predicted octanol–water partition coefficient (Wildman–Crippen LogP) is 2.57. The van der Waals surface area contributed by atoms with Crippen molar-refractivity contribution in [3.63, 3.8) is 0 Å². The summed E-state index contributed by atoms with van der Waals surface area (Å²) in [5.41, 5.74) is 1.31. The molecular weight excluding hydrogens is 186 g/mol. The van der Waals surface area contributed by atoms with Crippen LogP contribution >= 0.6 is 0 Å². The molecule has 0 bridgehead atoms. The second-order valence-electron chi connectivity index (χ2n) is 4.48. The van der Waals surface area contributed by atoms with Crippen LogP contribution in [0.15, 0.2) is 30.3 Å². The van der Waals surface area contributed by atoms with Gasteiger partial charge < -0.3 is 4.74 Å². The van der Waals surface area contributed by atoms with E-state index in [1.165, 1.54) is 31.4 Å². The molecule has 2 nitrogen and oxygen atoms in total. The van der Waals surface area contributed by atoms with Crippen molar-refractivity contribution in [3.8, 4) is 0 Å². The molecule has 1 aromatic rings. The van der Waals surface area contributed by atoms with Crippen molar-refractivity contribution in [3.05, 3.63) is 35.9 Å². The fourth-order valence-corrected chi connectivity index (χ4v) is 2.71. The summed E-state index contributed by atoms with van der Waals surface area (Å²) in [6.07, 6.45) is 4.22. The first-order valence-corrected chi connectivity index (χ1v) is 5.87. The Morgan fingerprint density at radius 2 is 2.00 bits per heavy atom. The molecule has 3 rings (SSSR count). The Hall–Kier alpha value is -0.860. The van der Waals surface area contributed by atoms with Gasteiger partial charge in [0.15, 0.2) is 0 Å². The summed E-state index contributed by atoms with van der Waals surface area (Å²) in [6, 6.07) is 11.3. The second kappa shape index (κ2) is 3.95. The lowest BCUT2D eigenvalue weighted by molar-refractivity contribution is 0.0232. The number of fused-ring (bicyclic) bond motifs is 1. The van der Waals surface area contributed by atoms with Crippen LogP contribution in [0.25, 0.3) is 0 Å². The molecule has 80 valence electrons. The molecule has 2 aliphatic heterocycles. The highest BCUT2D eigenvalue weighted by Gasteiger charge is 2.36. The maximum absolute atomic E-state index is 5.91. The van der Waals surface area contributed by atoms with Gasteiger partial charge in [-0.1, -0.05) is 36.8 Å². The highest BCUT2D eigenvalue weighted by Crippen LogP contribution is 2.35. The summed E-state index contributed by atoms with van der Waals surface area (Å²) in [5, 5.41) is 0. The van der Waals surface area contributed by atoms with Crippen molar-refractivity contribution in [2.75, 3.05) is 13.2 Å². The highest BCUT2D eigenvalue weighted by molar-refractivity contribution is 5.18. The maximum Gasteiger partial charge on any atom is 0.137 e. The molecular formula is C13H17NO. The fourth-order valence-electron chi connectivity index (χ4n) is 2.71. The van der Waals surface area contributed by atoms with E-state index in [0.717, 1.165) is 6.61 Å². The molecule has 0 aromatic heterocycles. The second-order valence-corrected chi connectivity index (χ2v) is 4.48. The van der Waals surface area contributed by atoms with Gasteiger partial charge in [0.05, 0.1) is 6.61 Å². The minimum Gasteiger partial charge on any atom is -0.357 e. The quantitative estimate of drug-likeness (QED) is 0.695. The van der Waals surface area contributed by atoms with Gasteiger partial charge in [-0.25, -0.2) is 0 Å². The largest absolute Gasteiger partial charge is 0.357 e. The fraction of sp³-hybridized carbons (Fsp3) is 0.538. The van der Waals surface area contributed by atoms with Crippen LogP contribution < -0.4 is 0 Å². The van der Waals surface area contributed by atoms with E-state index in [0.29, 0.717) is 6.04 Å². The lowest BCUT2D eigenvalue weighted by Crippen LogP contribution is -2.36. The molecule has 15 heavy (non-hydrogen) atoms. The predicted molar refractivity (Wildman–Crippen MR) is 59.5 cm³/mol. The summed E-state index contributed by atoms with van der Waals surface area (Å²) >= 11 is 0. The Balaban J connectivity index is 1.82. The third-order valence-corrected chi connectivity index (χ3v) is 3.51. The first kappa shape index (κ1) is 9.37. The van der Waals surface area contributed by atoms with E-state index in [1.807, 2.05) is 0 Å². The molecule has 2 atom stereocenters. The third-order valence-electron chi connectivity index (χ3n) is 3.51. The van der Waals surface area contributed by atoms with Crippen molar-refractivity contribution in [2.24, 2.45) is 0 Å². The monoisotopic (exact) mass is 203 g/mol. The van der Waals surface area contributed by atoms with E-state index < -0.39 is 0 Å². The van der Waals surface area contributed by atoms with Crippen LogP contribution in [-0.2, 0) is 4.74 Å². The molecule has 0 radical (unpaired) electrons. The molecule has 2 heteroatoms. The van der Waals surface area contributed by atoms with Gasteiger partial charge in [-0.15, -0.1) is 0 Å². The zero-order valence-electron chi connectivity index (χ0n) is 8.93.